The third-order valence-electron chi connectivity index (χ3n) is 5.83. The Morgan fingerprint density at radius 3 is 2.26 bits per heavy atom. The Labute approximate surface area is 205 Å². The van der Waals surface area contributed by atoms with Gasteiger partial charge in [0.05, 0.1) is 12.7 Å². The smallest absolute Gasteiger partial charge is 0.328 e. The topological polar surface area (TPSA) is 104 Å². The lowest BCUT2D eigenvalue weighted by Gasteiger charge is -2.20. The number of benzene rings is 3. The van der Waals surface area contributed by atoms with Crippen molar-refractivity contribution in [2.45, 2.75) is 32.5 Å². The first kappa shape index (κ1) is 25.9. The fourth-order valence-electron chi connectivity index (χ4n) is 3.82. The molecule has 0 aliphatic carbocycles. The van der Waals surface area contributed by atoms with Crippen LogP contribution in [0.5, 0.6) is 0 Å². The van der Waals surface area contributed by atoms with E-state index in [0.717, 1.165) is 27.8 Å². The van der Waals surface area contributed by atoms with Crippen molar-refractivity contribution in [1.29, 1.82) is 0 Å². The van der Waals surface area contributed by atoms with E-state index in [1.807, 2.05) is 78.9 Å². The molecule has 0 unspecified atom stereocenters. The molecule has 0 heterocycles. The van der Waals surface area contributed by atoms with E-state index in [2.05, 4.69) is 0 Å². The Hall–Kier alpha value is -3.74. The molecule has 0 fully saturated rings. The van der Waals surface area contributed by atoms with Crippen molar-refractivity contribution in [3.63, 3.8) is 0 Å². The van der Waals surface area contributed by atoms with Crippen LogP contribution in [0, 0.1) is 5.92 Å². The minimum atomic E-state index is -1.04. The minimum Gasteiger partial charge on any atom is -0.478 e. The van der Waals surface area contributed by atoms with E-state index in [4.69, 9.17) is 9.84 Å². The zero-order chi connectivity index (χ0) is 25.2. The van der Waals surface area contributed by atoms with Crippen LogP contribution in [0.4, 0.5) is 0 Å². The summed E-state index contributed by atoms with van der Waals surface area (Å²) in [6.07, 6.45) is 0.934. The van der Waals surface area contributed by atoms with Gasteiger partial charge in [-0.15, -0.1) is 0 Å². The quantitative estimate of drug-likeness (QED) is 0.280. The Morgan fingerprint density at radius 2 is 1.57 bits per heavy atom. The molecule has 0 aliphatic heterocycles. The number of hydrogen-bond donors (Lipinski definition) is 3. The zero-order valence-corrected chi connectivity index (χ0v) is 19.6. The third-order valence-corrected chi connectivity index (χ3v) is 5.83. The van der Waals surface area contributed by atoms with Crippen LogP contribution >= 0.6 is 0 Å². The lowest BCUT2D eigenvalue weighted by atomic mass is 9.94. The number of carbonyl (C=O) groups is 2. The monoisotopic (exact) mass is 474 g/mol. The van der Waals surface area contributed by atoms with Gasteiger partial charge in [-0.3, -0.25) is 4.79 Å². The highest BCUT2D eigenvalue weighted by Gasteiger charge is 2.27. The zero-order valence-electron chi connectivity index (χ0n) is 19.6. The molecule has 2 atom stereocenters. The number of aliphatic hydroxyl groups excluding tert-OH is 2. The Kier molecular flexibility index (Phi) is 9.35. The van der Waals surface area contributed by atoms with Crippen molar-refractivity contribution in [1.82, 2.24) is 0 Å². The lowest BCUT2D eigenvalue weighted by molar-refractivity contribution is -0.156. The molecular weight excluding hydrogens is 444 g/mol. The number of esters is 1. The average Bonchev–Trinajstić information content (AvgIpc) is 2.87. The van der Waals surface area contributed by atoms with Crippen molar-refractivity contribution in [2.75, 3.05) is 6.61 Å². The van der Waals surface area contributed by atoms with Gasteiger partial charge in [-0.25, -0.2) is 4.79 Å². The highest BCUT2D eigenvalue weighted by atomic mass is 16.5. The highest BCUT2D eigenvalue weighted by Crippen LogP contribution is 2.25. The summed E-state index contributed by atoms with van der Waals surface area (Å²) in [7, 11) is 0. The molecule has 0 aliphatic rings. The fraction of sp³-hybridized carbons (Fsp3) is 0.241. The molecule has 35 heavy (non-hydrogen) atoms. The lowest BCUT2D eigenvalue weighted by Crippen LogP contribution is -2.33. The Bertz CT molecular complexity index is 1170. The molecule has 182 valence electrons. The molecule has 6 nitrogen and oxygen atoms in total. The number of carboxylic acids is 1. The van der Waals surface area contributed by atoms with Gasteiger partial charge in [-0.05, 0) is 59.2 Å². The summed E-state index contributed by atoms with van der Waals surface area (Å²) in [6.45, 7) is 1.35. The van der Waals surface area contributed by atoms with Gasteiger partial charge in [0.15, 0.2) is 0 Å². The third kappa shape index (κ3) is 7.64. The maximum Gasteiger partial charge on any atom is 0.328 e. The second kappa shape index (κ2) is 12.6. The maximum absolute atomic E-state index is 12.4. The Balaban J connectivity index is 1.63. The predicted molar refractivity (Wildman–Crippen MR) is 134 cm³/mol. The first-order valence-electron chi connectivity index (χ1n) is 11.5. The van der Waals surface area contributed by atoms with Crippen molar-refractivity contribution in [3.8, 4) is 11.1 Å². The van der Waals surface area contributed by atoms with Crippen molar-refractivity contribution in [2.24, 2.45) is 5.92 Å². The number of aryl methyl sites for hydroxylation is 1. The van der Waals surface area contributed by atoms with Crippen LogP contribution in [0.3, 0.4) is 0 Å². The number of aliphatic carboxylic acids is 1. The number of rotatable bonds is 11. The van der Waals surface area contributed by atoms with Gasteiger partial charge in [-0.2, -0.15) is 0 Å². The molecule has 0 spiro atoms. The summed E-state index contributed by atoms with van der Waals surface area (Å²) in [5.41, 5.74) is 5.20. The van der Waals surface area contributed by atoms with E-state index < -0.39 is 30.6 Å². The van der Waals surface area contributed by atoms with E-state index in [0.29, 0.717) is 12.0 Å². The standard InChI is InChI=1S/C29H30O6/c1-20(15-28(32)33)23-10-6-12-25(17-23)24-11-5-9-21(16-24)13-14-27(31)26(18-30)29(34)35-19-22-7-3-2-4-8-22/h2-12,15-17,26-27,30-31H,13-14,18-19H2,1H3,(H,32,33)/b20-15+/t26-,27-/m1/s1. The fourth-order valence-corrected chi connectivity index (χ4v) is 3.82. The summed E-state index contributed by atoms with van der Waals surface area (Å²) in [5, 5.41) is 29.3. The number of aliphatic hydroxyl groups is 2. The molecule has 0 saturated carbocycles. The van der Waals surface area contributed by atoms with Crippen LogP contribution in [-0.2, 0) is 27.4 Å². The van der Waals surface area contributed by atoms with Crippen LogP contribution in [0.15, 0.2) is 84.9 Å². The molecule has 3 N–H and O–H groups in total. The number of carboxylic acid groups (broad SMARTS) is 1. The first-order chi connectivity index (χ1) is 16.9. The van der Waals surface area contributed by atoms with Gasteiger partial charge in [0.25, 0.3) is 0 Å². The van der Waals surface area contributed by atoms with Gasteiger partial charge in [-0.1, -0.05) is 72.8 Å². The second-order valence-corrected chi connectivity index (χ2v) is 8.44. The van der Waals surface area contributed by atoms with E-state index in [-0.39, 0.29) is 13.0 Å². The number of carbonyl (C=O) groups excluding carboxylic acids is 1. The van der Waals surface area contributed by atoms with E-state index >= 15 is 0 Å². The summed E-state index contributed by atoms with van der Waals surface area (Å²) < 4.78 is 5.29. The van der Waals surface area contributed by atoms with Crippen LogP contribution < -0.4 is 0 Å². The van der Waals surface area contributed by atoms with E-state index in [1.165, 1.54) is 6.08 Å². The summed E-state index contributed by atoms with van der Waals surface area (Å²) in [4.78, 5) is 23.4. The largest absolute Gasteiger partial charge is 0.478 e. The predicted octanol–water partition coefficient (Wildman–Crippen LogP) is 4.49. The van der Waals surface area contributed by atoms with Gasteiger partial charge in [0, 0.05) is 6.08 Å². The average molecular weight is 475 g/mol. The molecule has 3 aromatic carbocycles. The SMILES string of the molecule is C/C(=C\C(=O)O)c1cccc(-c2cccc(CC[C@@H](O)[C@@H](CO)C(=O)OCc3ccccc3)c2)c1. The second-order valence-electron chi connectivity index (χ2n) is 8.44. The molecule has 0 aromatic heterocycles. The summed E-state index contributed by atoms with van der Waals surface area (Å²) in [5.74, 6) is -2.62. The van der Waals surface area contributed by atoms with Crippen LogP contribution in [0.1, 0.15) is 30.0 Å². The van der Waals surface area contributed by atoms with Gasteiger partial charge in [0.1, 0.15) is 12.5 Å². The van der Waals surface area contributed by atoms with Crippen molar-refractivity contribution in [3.05, 3.63) is 102 Å². The van der Waals surface area contributed by atoms with Gasteiger partial charge >= 0.3 is 11.9 Å². The van der Waals surface area contributed by atoms with Crippen LogP contribution in [0.2, 0.25) is 0 Å². The highest BCUT2D eigenvalue weighted by molar-refractivity contribution is 5.90. The summed E-state index contributed by atoms with van der Waals surface area (Å²) in [6, 6.07) is 24.7. The number of hydrogen-bond acceptors (Lipinski definition) is 5. The minimum absolute atomic E-state index is 0.0884. The first-order valence-corrected chi connectivity index (χ1v) is 11.5. The number of ether oxygens (including phenoxy) is 1. The van der Waals surface area contributed by atoms with Crippen LogP contribution in [0.25, 0.3) is 16.7 Å². The van der Waals surface area contributed by atoms with Gasteiger partial charge in [0.2, 0.25) is 0 Å². The molecule has 6 heteroatoms. The molecule has 0 bridgehead atoms. The van der Waals surface area contributed by atoms with Crippen LogP contribution in [-0.4, -0.2) is 40.0 Å². The number of allylic oxidation sites excluding steroid dienone is 1. The molecule has 3 aromatic rings. The molecule has 0 saturated heterocycles. The van der Waals surface area contributed by atoms with E-state index in [9.17, 15) is 19.8 Å². The Morgan fingerprint density at radius 1 is 0.914 bits per heavy atom. The molecule has 0 amide bonds. The van der Waals surface area contributed by atoms with Gasteiger partial charge < -0.3 is 20.1 Å². The maximum atomic E-state index is 12.4. The van der Waals surface area contributed by atoms with Crippen molar-refractivity contribution < 1.29 is 29.6 Å². The molecule has 0 radical (unpaired) electrons. The van der Waals surface area contributed by atoms with E-state index in [1.54, 1.807) is 6.92 Å². The molecule has 3 rings (SSSR count). The van der Waals surface area contributed by atoms with Crippen molar-refractivity contribution >= 4 is 17.5 Å². The summed E-state index contributed by atoms with van der Waals surface area (Å²) >= 11 is 0. The molecular formula is C29H30O6. The normalized spacial score (nSPS) is 13.2.